The van der Waals surface area contributed by atoms with Gasteiger partial charge in [0.15, 0.2) is 0 Å². The molecule has 0 heterocycles. The third-order valence-corrected chi connectivity index (χ3v) is 4.62. The maximum atomic E-state index is 10.6. The summed E-state index contributed by atoms with van der Waals surface area (Å²) in [5, 5.41) is 10.6. The number of allylic oxidation sites excluding steroid dienone is 1. The van der Waals surface area contributed by atoms with Crippen molar-refractivity contribution in [2.45, 2.75) is 62.9 Å². The quantitative estimate of drug-likeness (QED) is 0.533. The minimum absolute atomic E-state index is 0.0553. The van der Waals surface area contributed by atoms with Crippen LogP contribution in [0.15, 0.2) is 43.0 Å². The first-order chi connectivity index (χ1) is 9.29. The van der Waals surface area contributed by atoms with Crippen LogP contribution in [0.4, 0.5) is 0 Å². The molecule has 1 unspecified atom stereocenters. The Bertz CT molecular complexity index is 378. The van der Waals surface area contributed by atoms with E-state index in [2.05, 4.69) is 36.9 Å². The Morgan fingerprint density at radius 1 is 1.16 bits per heavy atom. The summed E-state index contributed by atoms with van der Waals surface area (Å²) in [6, 6.07) is 10.6. The molecule has 1 aliphatic carbocycles. The first-order valence-corrected chi connectivity index (χ1v) is 7.64. The second-order valence-electron chi connectivity index (χ2n) is 5.82. The van der Waals surface area contributed by atoms with Gasteiger partial charge >= 0.3 is 0 Å². The van der Waals surface area contributed by atoms with E-state index in [0.29, 0.717) is 0 Å². The predicted octanol–water partition coefficient (Wildman–Crippen LogP) is 4.61. The lowest BCUT2D eigenvalue weighted by molar-refractivity contribution is 0.0205. The number of aliphatic hydroxyl groups is 1. The van der Waals surface area contributed by atoms with Gasteiger partial charge in [-0.3, -0.25) is 0 Å². The molecule has 0 aliphatic heterocycles. The van der Waals surface area contributed by atoms with Gasteiger partial charge in [-0.25, -0.2) is 0 Å². The van der Waals surface area contributed by atoms with E-state index < -0.39 is 0 Å². The Morgan fingerprint density at radius 3 is 2.47 bits per heavy atom. The molecule has 0 saturated heterocycles. The zero-order valence-corrected chi connectivity index (χ0v) is 11.9. The van der Waals surface area contributed by atoms with Crippen LogP contribution in [0.1, 0.15) is 56.9 Å². The highest BCUT2D eigenvalue weighted by molar-refractivity contribution is 5.29. The van der Waals surface area contributed by atoms with Crippen molar-refractivity contribution in [3.8, 4) is 0 Å². The normalized spacial score (nSPS) is 18.6. The fourth-order valence-corrected chi connectivity index (χ4v) is 3.22. The van der Waals surface area contributed by atoms with Crippen LogP contribution in [-0.4, -0.2) is 11.2 Å². The Morgan fingerprint density at radius 2 is 1.89 bits per heavy atom. The van der Waals surface area contributed by atoms with E-state index in [1.165, 1.54) is 24.8 Å². The van der Waals surface area contributed by atoms with Gasteiger partial charge in [-0.2, -0.15) is 0 Å². The molecule has 1 nitrogen and oxygen atoms in total. The molecule has 1 atom stereocenters. The topological polar surface area (TPSA) is 20.2 Å². The summed E-state index contributed by atoms with van der Waals surface area (Å²) in [5.74, 6) is 0. The van der Waals surface area contributed by atoms with Gasteiger partial charge in [-0.1, -0.05) is 55.7 Å². The smallest absolute Gasteiger partial charge is 0.0636 e. The summed E-state index contributed by atoms with van der Waals surface area (Å²) in [4.78, 5) is 0. The van der Waals surface area contributed by atoms with E-state index in [1.807, 2.05) is 6.08 Å². The first kappa shape index (κ1) is 14.3. The molecule has 1 fully saturated rings. The van der Waals surface area contributed by atoms with Crippen LogP contribution in [0.25, 0.3) is 0 Å². The molecular weight excluding hydrogens is 232 g/mol. The van der Waals surface area contributed by atoms with E-state index >= 15 is 0 Å². The Kier molecular flexibility index (Phi) is 5.21. The highest BCUT2D eigenvalue weighted by atomic mass is 16.3. The molecule has 1 aromatic rings. The molecule has 19 heavy (non-hydrogen) atoms. The van der Waals surface area contributed by atoms with E-state index in [1.54, 1.807) is 0 Å². The maximum absolute atomic E-state index is 10.6. The number of rotatable bonds is 8. The largest absolute Gasteiger partial charge is 0.392 e. The fraction of sp³-hybridized carbons (Fsp3) is 0.556. The molecule has 1 heteroatoms. The number of unbranched alkanes of at least 4 members (excludes halogenated alkanes) is 3. The van der Waals surface area contributed by atoms with Crippen molar-refractivity contribution >= 4 is 0 Å². The van der Waals surface area contributed by atoms with Gasteiger partial charge < -0.3 is 5.11 Å². The summed E-state index contributed by atoms with van der Waals surface area (Å²) in [5.41, 5.74) is 1.39. The van der Waals surface area contributed by atoms with E-state index in [-0.39, 0.29) is 11.5 Å². The second-order valence-corrected chi connectivity index (χ2v) is 5.82. The van der Waals surface area contributed by atoms with Crippen molar-refractivity contribution in [2.75, 3.05) is 0 Å². The van der Waals surface area contributed by atoms with E-state index in [9.17, 15) is 5.11 Å². The molecule has 0 bridgehead atoms. The third kappa shape index (κ3) is 3.27. The highest BCUT2D eigenvalue weighted by Crippen LogP contribution is 2.47. The van der Waals surface area contributed by atoms with Gasteiger partial charge in [0.05, 0.1) is 6.10 Å². The highest BCUT2D eigenvalue weighted by Gasteiger charge is 2.44. The third-order valence-electron chi connectivity index (χ3n) is 4.62. The van der Waals surface area contributed by atoms with Gasteiger partial charge in [0, 0.05) is 5.41 Å². The number of aliphatic hydroxyl groups excluding tert-OH is 1. The fourth-order valence-electron chi connectivity index (χ4n) is 3.22. The maximum Gasteiger partial charge on any atom is 0.0636 e. The number of hydrogen-bond donors (Lipinski definition) is 1. The molecule has 104 valence electrons. The Hall–Kier alpha value is -1.08. The summed E-state index contributed by atoms with van der Waals surface area (Å²) in [6.45, 7) is 3.75. The van der Waals surface area contributed by atoms with Crippen molar-refractivity contribution in [1.82, 2.24) is 0 Å². The van der Waals surface area contributed by atoms with Crippen LogP contribution in [0, 0.1) is 0 Å². The molecule has 0 aromatic heterocycles. The number of benzene rings is 1. The molecule has 1 N–H and O–H groups in total. The van der Waals surface area contributed by atoms with Crippen molar-refractivity contribution in [2.24, 2.45) is 0 Å². The molecular formula is C18H26O. The van der Waals surface area contributed by atoms with Gasteiger partial charge in [-0.15, -0.1) is 6.58 Å². The first-order valence-electron chi connectivity index (χ1n) is 7.64. The van der Waals surface area contributed by atoms with Gasteiger partial charge in [0.2, 0.25) is 0 Å². The molecule has 1 saturated carbocycles. The lowest BCUT2D eigenvalue weighted by Crippen LogP contribution is -2.45. The average Bonchev–Trinajstić information content (AvgIpc) is 2.38. The second kappa shape index (κ2) is 6.91. The molecule has 0 spiro atoms. The van der Waals surface area contributed by atoms with Crippen molar-refractivity contribution in [3.63, 3.8) is 0 Å². The van der Waals surface area contributed by atoms with E-state index in [0.717, 1.165) is 32.1 Å². The number of hydrogen-bond acceptors (Lipinski definition) is 1. The van der Waals surface area contributed by atoms with Crippen LogP contribution in [-0.2, 0) is 5.41 Å². The predicted molar refractivity (Wildman–Crippen MR) is 81.3 cm³/mol. The average molecular weight is 258 g/mol. The minimum atomic E-state index is -0.174. The zero-order valence-electron chi connectivity index (χ0n) is 11.9. The van der Waals surface area contributed by atoms with Gasteiger partial charge in [0.25, 0.3) is 0 Å². The summed E-state index contributed by atoms with van der Waals surface area (Å²) in [7, 11) is 0. The molecule has 1 aromatic carbocycles. The van der Waals surface area contributed by atoms with Gasteiger partial charge in [-0.05, 0) is 37.7 Å². The summed E-state index contributed by atoms with van der Waals surface area (Å²) < 4.78 is 0. The van der Waals surface area contributed by atoms with E-state index in [4.69, 9.17) is 0 Å². The lowest BCUT2D eigenvalue weighted by atomic mass is 9.60. The van der Waals surface area contributed by atoms with Crippen LogP contribution in [0.3, 0.4) is 0 Å². The zero-order chi connectivity index (χ0) is 13.6. The van der Waals surface area contributed by atoms with Crippen LogP contribution < -0.4 is 0 Å². The Balaban J connectivity index is 1.88. The lowest BCUT2D eigenvalue weighted by Gasteiger charge is -2.46. The molecule has 2 rings (SSSR count). The molecule has 0 amide bonds. The van der Waals surface area contributed by atoms with Crippen LogP contribution in [0.2, 0.25) is 0 Å². The standard InChI is InChI=1S/C18H26O/c1-2-3-4-5-9-13-17(19)18(14-10-15-18)16-11-7-6-8-12-16/h2,6-8,11-12,17,19H,1,3-5,9-10,13-15H2. The monoisotopic (exact) mass is 258 g/mol. The molecule has 0 radical (unpaired) electrons. The van der Waals surface area contributed by atoms with Crippen molar-refractivity contribution < 1.29 is 5.11 Å². The van der Waals surface area contributed by atoms with Crippen molar-refractivity contribution in [3.05, 3.63) is 48.6 Å². The van der Waals surface area contributed by atoms with Gasteiger partial charge in [0.1, 0.15) is 0 Å². The minimum Gasteiger partial charge on any atom is -0.392 e. The van der Waals surface area contributed by atoms with Crippen LogP contribution >= 0.6 is 0 Å². The van der Waals surface area contributed by atoms with Crippen LogP contribution in [0.5, 0.6) is 0 Å². The Labute approximate surface area is 117 Å². The van der Waals surface area contributed by atoms with Crippen molar-refractivity contribution in [1.29, 1.82) is 0 Å². The summed E-state index contributed by atoms with van der Waals surface area (Å²) >= 11 is 0. The SMILES string of the molecule is C=CCCCCCC(O)C1(c2ccccc2)CCC1. The molecule has 1 aliphatic rings. The summed E-state index contributed by atoms with van der Waals surface area (Å²) in [6.07, 6.45) is 10.9.